The number of carboxylic acid groups (broad SMARTS) is 1. The zero-order valence-electron chi connectivity index (χ0n) is 17.1. The Balaban J connectivity index is 1.60. The van der Waals surface area contributed by atoms with Gasteiger partial charge in [-0.1, -0.05) is 42.0 Å². The van der Waals surface area contributed by atoms with Crippen molar-refractivity contribution in [1.82, 2.24) is 4.72 Å². The molecular weight excluding hydrogens is 386 g/mol. The number of hydrogen-bond donors (Lipinski definition) is 2. The lowest BCUT2D eigenvalue weighted by Gasteiger charge is -2.21. The summed E-state index contributed by atoms with van der Waals surface area (Å²) in [5.74, 6) is 0.147. The molecule has 2 atom stereocenters. The van der Waals surface area contributed by atoms with Crippen LogP contribution < -0.4 is 4.72 Å². The number of benzene rings is 1. The molecule has 0 aliphatic heterocycles. The first kappa shape index (κ1) is 21.6. The number of carboxylic acids is 1. The Morgan fingerprint density at radius 1 is 1.24 bits per heavy atom. The summed E-state index contributed by atoms with van der Waals surface area (Å²) in [5, 5.41) is 8.69. The highest BCUT2D eigenvalue weighted by Crippen LogP contribution is 2.49. The third-order valence-electron chi connectivity index (χ3n) is 5.95. The van der Waals surface area contributed by atoms with E-state index in [1.54, 1.807) is 0 Å². The highest BCUT2D eigenvalue weighted by Gasteiger charge is 2.39. The van der Waals surface area contributed by atoms with Crippen molar-refractivity contribution in [1.29, 1.82) is 0 Å². The first-order valence-electron chi connectivity index (χ1n) is 10.5. The Labute approximate surface area is 174 Å². The number of hydrogen-bond acceptors (Lipinski definition) is 3. The second kappa shape index (κ2) is 9.61. The Bertz CT molecular complexity index is 901. The van der Waals surface area contributed by atoms with Crippen molar-refractivity contribution in [2.24, 2.45) is 11.8 Å². The normalized spacial score (nSPS) is 21.3. The summed E-state index contributed by atoms with van der Waals surface area (Å²) in [7, 11) is -3.38. The number of unbranched alkanes of at least 4 members (excludes halogenated alkanes) is 1. The molecule has 0 spiro atoms. The van der Waals surface area contributed by atoms with Crippen LogP contribution in [0.1, 0.15) is 56.1 Å². The van der Waals surface area contributed by atoms with Crippen molar-refractivity contribution in [3.05, 3.63) is 58.8 Å². The molecule has 0 radical (unpaired) electrons. The van der Waals surface area contributed by atoms with Crippen LogP contribution in [0.25, 0.3) is 0 Å². The molecule has 3 rings (SSSR count). The molecular formula is C23H31NO4S. The van der Waals surface area contributed by atoms with Crippen LogP contribution in [0, 0.1) is 18.8 Å². The smallest absolute Gasteiger partial charge is 0.303 e. The van der Waals surface area contributed by atoms with E-state index >= 15 is 0 Å². The molecule has 2 bridgehead atoms. The number of sulfonamides is 1. The lowest BCUT2D eigenvalue weighted by molar-refractivity contribution is -0.137. The summed E-state index contributed by atoms with van der Waals surface area (Å²) in [6, 6.07) is 7.98. The molecule has 6 heteroatoms. The maximum Gasteiger partial charge on any atom is 0.303 e. The van der Waals surface area contributed by atoms with Gasteiger partial charge in [0.2, 0.25) is 10.0 Å². The molecule has 29 heavy (non-hydrogen) atoms. The Morgan fingerprint density at radius 3 is 2.79 bits per heavy atom. The first-order chi connectivity index (χ1) is 13.8. The van der Waals surface area contributed by atoms with Crippen LogP contribution in [0.5, 0.6) is 0 Å². The number of aryl methyl sites for hydroxylation is 2. The van der Waals surface area contributed by atoms with Crippen LogP contribution in [-0.4, -0.2) is 25.2 Å². The van der Waals surface area contributed by atoms with E-state index in [1.165, 1.54) is 5.57 Å². The maximum absolute atomic E-state index is 12.7. The topological polar surface area (TPSA) is 83.5 Å². The van der Waals surface area contributed by atoms with Crippen molar-refractivity contribution in [2.75, 3.05) is 5.75 Å². The second-order valence-electron chi connectivity index (χ2n) is 8.27. The van der Waals surface area contributed by atoms with Gasteiger partial charge < -0.3 is 5.11 Å². The lowest BCUT2D eigenvalue weighted by atomic mass is 9.93. The molecule has 0 heterocycles. The van der Waals surface area contributed by atoms with Gasteiger partial charge in [0.05, 0.1) is 5.75 Å². The van der Waals surface area contributed by atoms with Crippen LogP contribution in [-0.2, 0) is 21.2 Å². The molecule has 158 valence electrons. The van der Waals surface area contributed by atoms with Crippen LogP contribution in [0.4, 0.5) is 0 Å². The Kier molecular flexibility index (Phi) is 7.17. The van der Waals surface area contributed by atoms with Crippen LogP contribution in [0.3, 0.4) is 0 Å². The minimum Gasteiger partial charge on any atom is -0.481 e. The fourth-order valence-corrected chi connectivity index (χ4v) is 5.74. The van der Waals surface area contributed by atoms with Crippen LogP contribution in [0.15, 0.2) is 47.7 Å². The lowest BCUT2D eigenvalue weighted by Crippen LogP contribution is -2.30. The second-order valence-corrected chi connectivity index (χ2v) is 10.1. The van der Waals surface area contributed by atoms with E-state index in [4.69, 9.17) is 5.11 Å². The van der Waals surface area contributed by atoms with Crippen molar-refractivity contribution < 1.29 is 18.3 Å². The summed E-state index contributed by atoms with van der Waals surface area (Å²) >= 11 is 0. The summed E-state index contributed by atoms with van der Waals surface area (Å²) in [4.78, 5) is 10.6. The molecule has 1 fully saturated rings. The maximum atomic E-state index is 12.7. The predicted molar refractivity (Wildman–Crippen MR) is 115 cm³/mol. The molecule has 0 amide bonds. The average Bonchev–Trinajstić information content (AvgIpc) is 3.25. The van der Waals surface area contributed by atoms with Crippen molar-refractivity contribution in [3.63, 3.8) is 0 Å². The summed E-state index contributed by atoms with van der Waals surface area (Å²) in [6.45, 7) is 2.01. The van der Waals surface area contributed by atoms with Gasteiger partial charge in [-0.05, 0) is 68.9 Å². The minimum atomic E-state index is -3.38. The predicted octanol–water partition coefficient (Wildman–Crippen LogP) is 4.34. The number of rotatable bonds is 11. The van der Waals surface area contributed by atoms with Gasteiger partial charge in [0.25, 0.3) is 0 Å². The van der Waals surface area contributed by atoms with Crippen molar-refractivity contribution in [2.45, 2.75) is 58.3 Å². The van der Waals surface area contributed by atoms with E-state index in [2.05, 4.69) is 10.8 Å². The molecule has 5 nitrogen and oxygen atoms in total. The number of aliphatic carboxylic acids is 1. The molecule has 1 aromatic carbocycles. The molecule has 0 saturated heterocycles. The third kappa shape index (κ3) is 6.20. The Hall–Kier alpha value is -2.08. The van der Waals surface area contributed by atoms with E-state index < -0.39 is 16.0 Å². The fourth-order valence-electron chi connectivity index (χ4n) is 4.51. The minimum absolute atomic E-state index is 0.0929. The first-order valence-corrected chi connectivity index (χ1v) is 12.1. The molecule has 1 saturated carbocycles. The van der Waals surface area contributed by atoms with Crippen molar-refractivity contribution >= 4 is 16.0 Å². The average molecular weight is 418 g/mol. The van der Waals surface area contributed by atoms with Gasteiger partial charge in [0.15, 0.2) is 0 Å². The third-order valence-corrected chi connectivity index (χ3v) is 7.23. The Morgan fingerprint density at radius 2 is 2.03 bits per heavy atom. The molecule has 1 aromatic rings. The van der Waals surface area contributed by atoms with Crippen molar-refractivity contribution in [3.8, 4) is 0 Å². The standard InChI is InChI=1S/C23H31NO4S/c1-17-7-6-8-18(15-17)13-14-29(27,28)24-23-20-12-11-19(16-20)21(23)9-4-2-3-5-10-22(25)26/h2,4,6-8,15,19-20,24H,3,5,9-14,16H2,1H3,(H,25,26). The highest BCUT2D eigenvalue weighted by molar-refractivity contribution is 7.89. The van der Waals surface area contributed by atoms with Gasteiger partial charge in [0.1, 0.15) is 0 Å². The summed E-state index contributed by atoms with van der Waals surface area (Å²) in [6.07, 6.45) is 10.2. The largest absolute Gasteiger partial charge is 0.481 e. The molecule has 2 unspecified atom stereocenters. The zero-order valence-corrected chi connectivity index (χ0v) is 17.9. The number of fused-ring (bicyclic) bond motifs is 2. The fraction of sp³-hybridized carbons (Fsp3) is 0.522. The quantitative estimate of drug-likeness (QED) is 0.414. The zero-order chi connectivity index (χ0) is 20.9. The number of nitrogens with one attached hydrogen (secondary N) is 1. The van der Waals surface area contributed by atoms with Gasteiger partial charge in [-0.2, -0.15) is 0 Å². The van der Waals surface area contributed by atoms with E-state index in [9.17, 15) is 13.2 Å². The monoisotopic (exact) mass is 417 g/mol. The van der Waals surface area contributed by atoms with E-state index in [0.717, 1.165) is 48.9 Å². The van der Waals surface area contributed by atoms with Crippen LogP contribution in [0.2, 0.25) is 0 Å². The van der Waals surface area contributed by atoms with Gasteiger partial charge >= 0.3 is 5.97 Å². The molecule has 2 N–H and O–H groups in total. The SMILES string of the molecule is Cc1cccc(CCS(=O)(=O)NC2=C(CC=CCCCC(=O)O)C3CCC2C3)c1. The highest BCUT2D eigenvalue weighted by atomic mass is 32.2. The van der Waals surface area contributed by atoms with Crippen LogP contribution >= 0.6 is 0 Å². The van der Waals surface area contributed by atoms with E-state index in [1.807, 2.05) is 37.3 Å². The molecule has 2 aliphatic carbocycles. The molecule has 0 aromatic heterocycles. The van der Waals surface area contributed by atoms with E-state index in [0.29, 0.717) is 24.7 Å². The summed E-state index contributed by atoms with van der Waals surface area (Å²) < 4.78 is 28.4. The van der Waals surface area contributed by atoms with Gasteiger partial charge in [0, 0.05) is 18.0 Å². The number of allylic oxidation sites excluding steroid dienone is 4. The number of carbonyl (C=O) groups is 1. The van der Waals surface area contributed by atoms with Gasteiger partial charge in [-0.25, -0.2) is 8.42 Å². The van der Waals surface area contributed by atoms with Gasteiger partial charge in [-0.15, -0.1) is 0 Å². The van der Waals surface area contributed by atoms with E-state index in [-0.39, 0.29) is 12.2 Å². The van der Waals surface area contributed by atoms with Gasteiger partial charge in [-0.3, -0.25) is 9.52 Å². The molecule has 2 aliphatic rings. The summed E-state index contributed by atoms with van der Waals surface area (Å²) in [5.41, 5.74) is 4.35.